The molecule has 3 atom stereocenters. The first-order chi connectivity index (χ1) is 39.0. The largest absolute Gasteiger partial charge is 0.472 e. The van der Waals surface area contributed by atoms with E-state index in [1.165, 1.54) is 302 Å². The second kappa shape index (κ2) is 62.3. The van der Waals surface area contributed by atoms with E-state index in [1.54, 1.807) is 6.08 Å². The average molecular weight is 1150 g/mol. The van der Waals surface area contributed by atoms with Crippen molar-refractivity contribution in [3.8, 4) is 0 Å². The summed E-state index contributed by atoms with van der Waals surface area (Å²) in [5, 5.41) is 14.0. The van der Waals surface area contributed by atoms with Crippen molar-refractivity contribution in [2.24, 2.45) is 0 Å². The lowest BCUT2D eigenvalue weighted by atomic mass is 10.0. The van der Waals surface area contributed by atoms with Gasteiger partial charge in [0.1, 0.15) is 13.2 Å². The second-order valence-corrected chi connectivity index (χ2v) is 27.1. The monoisotopic (exact) mass is 1150 g/mol. The van der Waals surface area contributed by atoms with E-state index < -0.39 is 20.0 Å². The number of carbonyl (C=O) groups excluding carboxylic acids is 1. The number of nitrogens with zero attached hydrogens (tertiary/aromatic N) is 1. The maximum absolute atomic E-state index is 13.1. The van der Waals surface area contributed by atoms with Crippen molar-refractivity contribution in [2.75, 3.05) is 40.9 Å². The normalized spacial score (nSPS) is 13.8. The lowest BCUT2D eigenvalue weighted by Gasteiger charge is -2.25. The van der Waals surface area contributed by atoms with Gasteiger partial charge in [0.25, 0.3) is 0 Å². The summed E-state index contributed by atoms with van der Waals surface area (Å²) in [7, 11) is 1.59. The minimum Gasteiger partial charge on any atom is -0.387 e. The smallest absolute Gasteiger partial charge is 0.387 e. The van der Waals surface area contributed by atoms with Crippen LogP contribution < -0.4 is 5.32 Å². The Balaban J connectivity index is 3.99. The fraction of sp³-hybridized carbons (Fsp3) is 0.901. The fourth-order valence-electron chi connectivity index (χ4n) is 10.8. The molecule has 0 aromatic carbocycles. The Morgan fingerprint density at radius 3 is 1.02 bits per heavy atom. The van der Waals surface area contributed by atoms with E-state index in [1.807, 2.05) is 27.2 Å². The zero-order valence-corrected chi connectivity index (χ0v) is 55.2. The lowest BCUT2D eigenvalue weighted by molar-refractivity contribution is -0.870. The third-order valence-electron chi connectivity index (χ3n) is 16.4. The van der Waals surface area contributed by atoms with Gasteiger partial charge in [-0.25, -0.2) is 4.57 Å². The van der Waals surface area contributed by atoms with Crippen LogP contribution in [-0.2, 0) is 18.4 Å². The van der Waals surface area contributed by atoms with Gasteiger partial charge in [0, 0.05) is 6.42 Å². The number of carbonyl (C=O) groups is 1. The molecule has 0 spiro atoms. The molecule has 0 fully saturated rings. The van der Waals surface area contributed by atoms with Crippen LogP contribution in [0.25, 0.3) is 0 Å². The van der Waals surface area contributed by atoms with Gasteiger partial charge >= 0.3 is 7.82 Å². The van der Waals surface area contributed by atoms with Gasteiger partial charge < -0.3 is 19.8 Å². The lowest BCUT2D eigenvalue weighted by Crippen LogP contribution is -2.45. The van der Waals surface area contributed by atoms with Crippen molar-refractivity contribution in [2.45, 2.75) is 373 Å². The maximum Gasteiger partial charge on any atom is 0.472 e. The third kappa shape index (κ3) is 64.3. The molecule has 0 heterocycles. The highest BCUT2D eigenvalue weighted by molar-refractivity contribution is 7.47. The average Bonchev–Trinajstić information content (AvgIpc) is 3.42. The third-order valence-corrected chi connectivity index (χ3v) is 17.3. The van der Waals surface area contributed by atoms with Crippen molar-refractivity contribution >= 4 is 13.7 Å². The van der Waals surface area contributed by atoms with Crippen molar-refractivity contribution in [1.29, 1.82) is 0 Å². The van der Waals surface area contributed by atoms with Crippen LogP contribution in [-0.4, -0.2) is 73.4 Å². The molecule has 3 N–H and O–H groups in total. The summed E-state index contributed by atoms with van der Waals surface area (Å²) in [5.41, 5.74) is 0. The van der Waals surface area contributed by atoms with Crippen molar-refractivity contribution in [3.05, 3.63) is 36.5 Å². The Labute approximate surface area is 499 Å². The summed E-state index contributed by atoms with van der Waals surface area (Å²) in [6.07, 6.45) is 82.9. The molecule has 0 bridgehead atoms. The first-order valence-electron chi connectivity index (χ1n) is 35.4. The number of nitrogens with one attached hydrogen (secondary N) is 1. The first kappa shape index (κ1) is 78.7. The van der Waals surface area contributed by atoms with E-state index in [-0.39, 0.29) is 19.1 Å². The highest BCUT2D eigenvalue weighted by atomic mass is 31.2. The van der Waals surface area contributed by atoms with Crippen molar-refractivity contribution in [3.63, 3.8) is 0 Å². The van der Waals surface area contributed by atoms with Crippen LogP contribution in [0.2, 0.25) is 0 Å². The Kier molecular flexibility index (Phi) is 61.3. The van der Waals surface area contributed by atoms with Crippen LogP contribution >= 0.6 is 7.82 Å². The van der Waals surface area contributed by atoms with E-state index in [0.717, 1.165) is 38.5 Å². The Morgan fingerprint density at radius 1 is 0.425 bits per heavy atom. The first-order valence-corrected chi connectivity index (χ1v) is 36.9. The number of amides is 1. The van der Waals surface area contributed by atoms with Crippen LogP contribution in [0, 0.1) is 0 Å². The molecule has 0 aliphatic rings. The van der Waals surface area contributed by atoms with E-state index >= 15 is 0 Å². The highest BCUT2D eigenvalue weighted by Crippen LogP contribution is 2.43. The molecular weight excluding hydrogens is 1010 g/mol. The highest BCUT2D eigenvalue weighted by Gasteiger charge is 2.28. The molecule has 0 saturated carbocycles. The minimum atomic E-state index is -4.35. The van der Waals surface area contributed by atoms with Crippen molar-refractivity contribution in [1.82, 2.24) is 5.32 Å². The van der Waals surface area contributed by atoms with Gasteiger partial charge in [-0.15, -0.1) is 0 Å². The fourth-order valence-corrected chi connectivity index (χ4v) is 11.6. The molecule has 0 aromatic heterocycles. The van der Waals surface area contributed by atoms with E-state index in [2.05, 4.69) is 43.5 Å². The molecule has 80 heavy (non-hydrogen) atoms. The molecule has 0 aliphatic heterocycles. The topological polar surface area (TPSA) is 105 Å². The molecule has 474 valence electrons. The number of hydrogen-bond acceptors (Lipinski definition) is 5. The standard InChI is InChI=1S/C71H139N2O6P/c1-6-8-10-12-14-16-18-20-22-24-26-28-30-31-32-33-34-35-36-37-38-39-40-41-43-45-47-49-51-53-55-57-59-61-63-65-71(75)72-69(68-79-80(76,77)78-67-66-73(3,4)5)70(74)64-62-60-58-56-54-52-50-48-46-44-42-29-27-25-23-21-19-17-15-13-11-9-7-2/h18,20,24,26,62,64,69-70,74H,6-17,19,21-23,25,27-61,63,65-68H2,1-5H3,(H-,72,75,76,77)/p+1/b20-18-,26-24-,64-62+. The molecular formula is C71H140N2O6P+. The number of phosphoric acid groups is 1. The summed E-state index contributed by atoms with van der Waals surface area (Å²) in [6.45, 7) is 4.86. The van der Waals surface area contributed by atoms with Gasteiger partial charge in [0.05, 0.1) is 39.9 Å². The minimum absolute atomic E-state index is 0.0639. The second-order valence-electron chi connectivity index (χ2n) is 25.6. The van der Waals surface area contributed by atoms with Gasteiger partial charge in [-0.05, 0) is 51.4 Å². The quantitative estimate of drug-likeness (QED) is 0.0243. The van der Waals surface area contributed by atoms with Crippen LogP contribution in [0.15, 0.2) is 36.5 Å². The van der Waals surface area contributed by atoms with Gasteiger partial charge in [0.15, 0.2) is 0 Å². The molecule has 0 saturated heterocycles. The van der Waals surface area contributed by atoms with Gasteiger partial charge in [-0.3, -0.25) is 13.8 Å². The predicted octanol–water partition coefficient (Wildman–Crippen LogP) is 22.4. The number of aliphatic hydroxyl groups is 1. The number of hydrogen-bond donors (Lipinski definition) is 3. The molecule has 3 unspecified atom stereocenters. The Hall–Kier alpha value is -1.28. The van der Waals surface area contributed by atoms with E-state index in [9.17, 15) is 19.4 Å². The number of quaternary nitrogens is 1. The number of allylic oxidation sites excluding steroid dienone is 5. The SMILES string of the molecule is CCCCCCC/C=C\C/C=C\CCCCCCCCCCCCCCCCCCCCCCCCCC(=O)NC(COP(=O)(O)OCC[N+](C)(C)C)C(O)/C=C/CCCCCCCCCCCCCCCCCCCCCCC. The molecule has 0 aliphatic carbocycles. The molecule has 8 nitrogen and oxygen atoms in total. The van der Waals surface area contributed by atoms with Crippen LogP contribution in [0.1, 0.15) is 361 Å². The Morgan fingerprint density at radius 2 is 0.713 bits per heavy atom. The van der Waals surface area contributed by atoms with Crippen LogP contribution in [0.5, 0.6) is 0 Å². The summed E-state index contributed by atoms with van der Waals surface area (Å²) in [5.74, 6) is -0.169. The summed E-state index contributed by atoms with van der Waals surface area (Å²) < 4.78 is 23.8. The molecule has 0 radical (unpaired) electrons. The molecule has 0 aromatic rings. The van der Waals surface area contributed by atoms with E-state index in [0.29, 0.717) is 17.4 Å². The summed E-state index contributed by atoms with van der Waals surface area (Å²) in [4.78, 5) is 23.4. The zero-order valence-electron chi connectivity index (χ0n) is 54.3. The number of unbranched alkanes of at least 4 members (excludes halogenated alkanes) is 49. The van der Waals surface area contributed by atoms with Gasteiger partial charge in [-0.1, -0.05) is 339 Å². The van der Waals surface area contributed by atoms with Gasteiger partial charge in [0.2, 0.25) is 5.91 Å². The predicted molar refractivity (Wildman–Crippen MR) is 351 cm³/mol. The zero-order chi connectivity index (χ0) is 58.4. The maximum atomic E-state index is 13.1. The molecule has 9 heteroatoms. The summed E-state index contributed by atoms with van der Waals surface area (Å²) in [6, 6.07) is -0.846. The number of rotatable bonds is 66. The molecule has 0 rings (SSSR count). The van der Waals surface area contributed by atoms with E-state index in [4.69, 9.17) is 9.05 Å². The van der Waals surface area contributed by atoms with Crippen LogP contribution in [0.3, 0.4) is 0 Å². The summed E-state index contributed by atoms with van der Waals surface area (Å²) >= 11 is 0. The number of likely N-dealkylation sites (N-methyl/N-ethyl adjacent to an activating group) is 1. The number of aliphatic hydroxyl groups excluding tert-OH is 1. The number of phosphoric ester groups is 1. The Bertz CT molecular complexity index is 1400. The van der Waals surface area contributed by atoms with Crippen LogP contribution in [0.4, 0.5) is 0 Å². The van der Waals surface area contributed by atoms with Gasteiger partial charge in [-0.2, -0.15) is 0 Å². The van der Waals surface area contributed by atoms with Crippen molar-refractivity contribution < 1.29 is 32.9 Å². The molecule has 1 amide bonds.